The normalized spacial score (nSPS) is 17.2. The van der Waals surface area contributed by atoms with Crippen molar-refractivity contribution in [2.45, 2.75) is 19.0 Å². The van der Waals surface area contributed by atoms with Gasteiger partial charge in [-0.25, -0.2) is 8.78 Å². The first kappa shape index (κ1) is 20.9. The summed E-state index contributed by atoms with van der Waals surface area (Å²) in [4.78, 5) is 23.1. The highest BCUT2D eigenvalue weighted by atomic mass is 19.4. The van der Waals surface area contributed by atoms with Crippen LogP contribution in [0.15, 0.2) is 34.7 Å². The molecule has 0 bridgehead atoms. The highest BCUT2D eigenvalue weighted by Crippen LogP contribution is 2.45. The van der Waals surface area contributed by atoms with Gasteiger partial charge in [0.1, 0.15) is 12.5 Å². The summed E-state index contributed by atoms with van der Waals surface area (Å²) in [6.45, 7) is -0.530. The van der Waals surface area contributed by atoms with E-state index in [1.54, 1.807) is 0 Å². The molecule has 0 aliphatic carbocycles. The van der Waals surface area contributed by atoms with Crippen LogP contribution in [0.3, 0.4) is 0 Å². The molecule has 1 unspecified atom stereocenters. The molecule has 148 valence electrons. The zero-order valence-corrected chi connectivity index (χ0v) is 13.9. The fraction of sp³-hybridized carbons (Fsp3) is 0.235. The maximum atomic E-state index is 14.5. The highest BCUT2D eigenvalue weighted by Gasteiger charge is 2.43. The van der Waals surface area contributed by atoms with Crippen molar-refractivity contribution < 1.29 is 41.8 Å². The van der Waals surface area contributed by atoms with Gasteiger partial charge >= 0.3 is 6.18 Å². The number of aliphatic carboxylic acids is 2. The van der Waals surface area contributed by atoms with Crippen LogP contribution in [-0.2, 0) is 15.8 Å². The van der Waals surface area contributed by atoms with Crippen molar-refractivity contribution in [2.75, 3.05) is 6.67 Å². The maximum Gasteiger partial charge on any atom is 0.418 e. The van der Waals surface area contributed by atoms with Crippen molar-refractivity contribution in [3.63, 3.8) is 0 Å². The number of benzene rings is 1. The Morgan fingerprint density at radius 2 is 1.79 bits per heavy atom. The molecule has 0 saturated heterocycles. The third-order valence-electron chi connectivity index (χ3n) is 4.10. The summed E-state index contributed by atoms with van der Waals surface area (Å²) in [7, 11) is 0. The Labute approximate surface area is 154 Å². The number of nitrogens with one attached hydrogen (secondary N) is 1. The molecular weight excluding hydrogens is 391 g/mol. The topological polar surface area (TPSA) is 116 Å². The molecule has 1 aromatic rings. The summed E-state index contributed by atoms with van der Waals surface area (Å²) < 4.78 is 68.6. The third kappa shape index (κ3) is 3.40. The van der Waals surface area contributed by atoms with E-state index in [4.69, 9.17) is 5.26 Å². The Bertz CT molecular complexity index is 973. The second-order valence-corrected chi connectivity index (χ2v) is 5.69. The van der Waals surface area contributed by atoms with E-state index in [-0.39, 0.29) is 0 Å². The van der Waals surface area contributed by atoms with Gasteiger partial charge in [-0.1, -0.05) is 0 Å². The number of carbonyl (C=O) groups excluding carboxylic acids is 2. The summed E-state index contributed by atoms with van der Waals surface area (Å²) in [5, 5.41) is 34.1. The van der Waals surface area contributed by atoms with Gasteiger partial charge in [0, 0.05) is 28.3 Å². The minimum atomic E-state index is -5.36. The third-order valence-corrected chi connectivity index (χ3v) is 4.10. The van der Waals surface area contributed by atoms with Crippen LogP contribution < -0.4 is 15.5 Å². The van der Waals surface area contributed by atoms with Crippen molar-refractivity contribution in [1.29, 1.82) is 5.26 Å². The van der Waals surface area contributed by atoms with E-state index in [1.807, 2.05) is 0 Å². The van der Waals surface area contributed by atoms with E-state index < -0.39 is 75.8 Å². The van der Waals surface area contributed by atoms with Crippen molar-refractivity contribution in [3.05, 3.63) is 57.2 Å². The second kappa shape index (κ2) is 7.30. The Balaban J connectivity index is 3.06. The molecule has 11 heteroatoms. The molecule has 0 spiro atoms. The summed E-state index contributed by atoms with van der Waals surface area (Å²) in [5.41, 5.74) is -7.94. The monoisotopic (exact) mass is 400 g/mol. The number of nitriles is 1. The van der Waals surface area contributed by atoms with Gasteiger partial charge in [-0.15, -0.1) is 0 Å². The van der Waals surface area contributed by atoms with Crippen LogP contribution >= 0.6 is 0 Å². The average molecular weight is 400 g/mol. The molecule has 0 aromatic heterocycles. The molecule has 0 radical (unpaired) electrons. The number of rotatable bonds is 4. The molecule has 0 amide bonds. The van der Waals surface area contributed by atoms with Crippen LogP contribution in [0.1, 0.15) is 29.5 Å². The standard InChI is InChI=1S/C17H11F5N2O4/c1-6-10(15(25)26)13(12(16(27)28)9(4-18)24-6)11-8(19)3-2-7(5-23)14(11)17(20,21)22/h2-3,13,24H,4H2,1H3,(H,25,26)(H,27,28)/p-2. The van der Waals surface area contributed by atoms with E-state index >= 15 is 0 Å². The molecule has 0 saturated carbocycles. The number of allylic oxidation sites excluding steroid dienone is 2. The first-order valence-electron chi connectivity index (χ1n) is 7.44. The summed E-state index contributed by atoms with van der Waals surface area (Å²) in [5.74, 6) is -8.39. The number of alkyl halides is 4. The number of dihydropyridines is 1. The lowest BCUT2D eigenvalue weighted by Gasteiger charge is -2.35. The summed E-state index contributed by atoms with van der Waals surface area (Å²) in [6, 6.07) is 2.16. The molecule has 1 aromatic carbocycles. The first-order chi connectivity index (χ1) is 12.9. The summed E-state index contributed by atoms with van der Waals surface area (Å²) >= 11 is 0. The number of carboxylic acid groups (broad SMARTS) is 2. The number of hydrogen-bond acceptors (Lipinski definition) is 6. The number of carbonyl (C=O) groups is 2. The predicted molar refractivity (Wildman–Crippen MR) is 77.7 cm³/mol. The smallest absolute Gasteiger partial charge is 0.418 e. The average Bonchev–Trinajstić information content (AvgIpc) is 2.58. The number of nitrogens with zero attached hydrogens (tertiary/aromatic N) is 1. The van der Waals surface area contributed by atoms with Gasteiger partial charge in [0.25, 0.3) is 0 Å². The predicted octanol–water partition coefficient (Wildman–Crippen LogP) is 0.400. The van der Waals surface area contributed by atoms with Crippen LogP contribution in [0.5, 0.6) is 0 Å². The molecule has 2 rings (SSSR count). The number of carboxylic acids is 2. The Hall–Kier alpha value is -3.42. The highest BCUT2D eigenvalue weighted by molar-refractivity contribution is 5.97. The van der Waals surface area contributed by atoms with E-state index in [1.165, 1.54) is 6.07 Å². The Morgan fingerprint density at radius 1 is 1.21 bits per heavy atom. The number of halogens is 5. The number of hydrogen-bond donors (Lipinski definition) is 1. The lowest BCUT2D eigenvalue weighted by atomic mass is 9.77. The molecule has 6 nitrogen and oxygen atoms in total. The Kier molecular flexibility index (Phi) is 5.45. The maximum absolute atomic E-state index is 14.5. The van der Waals surface area contributed by atoms with E-state index in [0.29, 0.717) is 12.1 Å². The van der Waals surface area contributed by atoms with E-state index in [0.717, 1.165) is 6.92 Å². The van der Waals surface area contributed by atoms with Crippen LogP contribution in [0.2, 0.25) is 0 Å². The van der Waals surface area contributed by atoms with Crippen LogP contribution in [0.25, 0.3) is 0 Å². The molecule has 1 atom stereocenters. The molecule has 1 N–H and O–H groups in total. The zero-order chi connectivity index (χ0) is 21.4. The fourth-order valence-corrected chi connectivity index (χ4v) is 3.08. The quantitative estimate of drug-likeness (QED) is 0.732. The Morgan fingerprint density at radius 3 is 2.21 bits per heavy atom. The summed E-state index contributed by atoms with van der Waals surface area (Å²) in [6.07, 6.45) is -5.36. The van der Waals surface area contributed by atoms with Crippen LogP contribution in [-0.4, -0.2) is 18.6 Å². The van der Waals surface area contributed by atoms with Gasteiger partial charge in [-0.05, 0) is 19.1 Å². The van der Waals surface area contributed by atoms with E-state index in [9.17, 15) is 41.8 Å². The molecular formula is C17H9F5N2O4-2. The van der Waals surface area contributed by atoms with Crippen molar-refractivity contribution in [2.24, 2.45) is 0 Å². The van der Waals surface area contributed by atoms with Gasteiger partial charge in [-0.2, -0.15) is 18.4 Å². The van der Waals surface area contributed by atoms with Crippen molar-refractivity contribution in [1.82, 2.24) is 5.32 Å². The SMILES string of the molecule is CC1=C(C(=O)[O-])C(c2c(F)ccc(C#N)c2C(F)(F)F)C(C(=O)[O-])=C(CF)N1. The van der Waals surface area contributed by atoms with Crippen molar-refractivity contribution in [3.8, 4) is 6.07 Å². The zero-order valence-electron chi connectivity index (χ0n) is 13.9. The molecule has 1 aliphatic rings. The minimum Gasteiger partial charge on any atom is -0.545 e. The second-order valence-electron chi connectivity index (χ2n) is 5.69. The molecule has 28 heavy (non-hydrogen) atoms. The van der Waals surface area contributed by atoms with Gasteiger partial charge in [0.2, 0.25) is 0 Å². The molecule has 0 fully saturated rings. The molecule has 1 aliphatic heterocycles. The molecule has 1 heterocycles. The van der Waals surface area contributed by atoms with Gasteiger partial charge in [0.05, 0.1) is 34.8 Å². The lowest BCUT2D eigenvalue weighted by Crippen LogP contribution is -2.41. The minimum absolute atomic E-state index is 0.447. The van der Waals surface area contributed by atoms with E-state index in [2.05, 4.69) is 5.32 Å². The first-order valence-corrected chi connectivity index (χ1v) is 7.44. The van der Waals surface area contributed by atoms with Gasteiger partial charge in [-0.3, -0.25) is 0 Å². The van der Waals surface area contributed by atoms with Gasteiger partial charge < -0.3 is 25.1 Å². The van der Waals surface area contributed by atoms with Crippen LogP contribution in [0.4, 0.5) is 22.0 Å². The van der Waals surface area contributed by atoms with Crippen molar-refractivity contribution >= 4 is 11.9 Å². The van der Waals surface area contributed by atoms with Gasteiger partial charge in [0.15, 0.2) is 0 Å². The van der Waals surface area contributed by atoms with Crippen LogP contribution in [0, 0.1) is 17.1 Å². The lowest BCUT2D eigenvalue weighted by molar-refractivity contribution is -0.300. The fourth-order valence-electron chi connectivity index (χ4n) is 3.08. The largest absolute Gasteiger partial charge is 0.545 e.